The van der Waals surface area contributed by atoms with Crippen molar-refractivity contribution >= 4 is 18.5 Å². The van der Waals surface area contributed by atoms with Crippen molar-refractivity contribution in [2.45, 2.75) is 32.6 Å². The summed E-state index contributed by atoms with van der Waals surface area (Å²) in [5, 5.41) is 3.58. The van der Waals surface area contributed by atoms with Gasteiger partial charge in [-0.3, -0.25) is 0 Å². The Kier molecular flexibility index (Phi) is 3.84. The molecule has 1 aromatic rings. The van der Waals surface area contributed by atoms with Crippen LogP contribution < -0.4 is 5.32 Å². The van der Waals surface area contributed by atoms with Crippen LogP contribution in [0.4, 0.5) is 0 Å². The number of hydrogen-bond acceptors (Lipinski definition) is 1. The van der Waals surface area contributed by atoms with Crippen molar-refractivity contribution in [2.75, 3.05) is 13.1 Å². The SMILES string of the molecule is CC=Cc1cccc2c1CC[C@@]1(C)CNC[C@H]21.Cl. The quantitative estimate of drug-likeness (QED) is 0.813. The van der Waals surface area contributed by atoms with Gasteiger partial charge in [-0.05, 0) is 41.9 Å². The van der Waals surface area contributed by atoms with Crippen LogP contribution in [-0.2, 0) is 6.42 Å². The molecule has 1 nitrogen and oxygen atoms in total. The molecule has 1 aliphatic carbocycles. The topological polar surface area (TPSA) is 12.0 Å². The maximum absolute atomic E-state index is 3.58. The lowest BCUT2D eigenvalue weighted by Crippen LogP contribution is -2.30. The minimum Gasteiger partial charge on any atom is -0.316 e. The van der Waals surface area contributed by atoms with Crippen molar-refractivity contribution in [1.82, 2.24) is 5.32 Å². The van der Waals surface area contributed by atoms with Crippen molar-refractivity contribution in [3.8, 4) is 0 Å². The molecule has 2 aliphatic rings. The van der Waals surface area contributed by atoms with Crippen LogP contribution in [0.2, 0.25) is 0 Å². The van der Waals surface area contributed by atoms with Gasteiger partial charge in [-0.2, -0.15) is 0 Å². The number of halogens is 1. The molecule has 1 aromatic carbocycles. The van der Waals surface area contributed by atoms with Crippen molar-refractivity contribution in [3.05, 3.63) is 41.0 Å². The Morgan fingerprint density at radius 1 is 1.39 bits per heavy atom. The molecule has 98 valence electrons. The molecule has 1 aliphatic heterocycles. The van der Waals surface area contributed by atoms with Crippen LogP contribution in [0.15, 0.2) is 24.3 Å². The summed E-state index contributed by atoms with van der Waals surface area (Å²) in [4.78, 5) is 0. The second-order valence-corrected chi connectivity index (χ2v) is 5.75. The van der Waals surface area contributed by atoms with Gasteiger partial charge in [-0.25, -0.2) is 0 Å². The second kappa shape index (κ2) is 5.07. The summed E-state index contributed by atoms with van der Waals surface area (Å²) in [5.74, 6) is 0.719. The van der Waals surface area contributed by atoms with Crippen LogP contribution in [-0.4, -0.2) is 13.1 Å². The Hall–Kier alpha value is -0.790. The smallest absolute Gasteiger partial charge is 0.00324 e. The van der Waals surface area contributed by atoms with E-state index in [2.05, 4.69) is 49.5 Å². The van der Waals surface area contributed by atoms with Gasteiger partial charge in [0.1, 0.15) is 0 Å². The third-order valence-corrected chi connectivity index (χ3v) is 4.63. The monoisotopic (exact) mass is 263 g/mol. The third kappa shape index (κ3) is 2.00. The molecule has 0 radical (unpaired) electrons. The van der Waals surface area contributed by atoms with E-state index in [0.717, 1.165) is 12.5 Å². The third-order valence-electron chi connectivity index (χ3n) is 4.63. The van der Waals surface area contributed by atoms with Crippen LogP contribution in [0.1, 0.15) is 42.9 Å². The van der Waals surface area contributed by atoms with Gasteiger partial charge in [0.15, 0.2) is 0 Å². The van der Waals surface area contributed by atoms with E-state index in [4.69, 9.17) is 0 Å². The van der Waals surface area contributed by atoms with Gasteiger partial charge in [-0.15, -0.1) is 12.4 Å². The molecule has 0 saturated carbocycles. The van der Waals surface area contributed by atoms with Crippen LogP contribution in [0.3, 0.4) is 0 Å². The first kappa shape index (κ1) is 13.6. The van der Waals surface area contributed by atoms with E-state index in [1.54, 1.807) is 11.1 Å². The highest BCUT2D eigenvalue weighted by atomic mass is 35.5. The summed E-state index contributed by atoms with van der Waals surface area (Å²) >= 11 is 0. The Labute approximate surface area is 116 Å². The first-order valence-electron chi connectivity index (χ1n) is 6.70. The van der Waals surface area contributed by atoms with Crippen molar-refractivity contribution in [3.63, 3.8) is 0 Å². The fraction of sp³-hybridized carbons (Fsp3) is 0.500. The van der Waals surface area contributed by atoms with Gasteiger partial charge in [0, 0.05) is 19.0 Å². The van der Waals surface area contributed by atoms with Crippen molar-refractivity contribution < 1.29 is 0 Å². The lowest BCUT2D eigenvalue weighted by Gasteiger charge is -2.37. The Morgan fingerprint density at radius 2 is 2.22 bits per heavy atom. The van der Waals surface area contributed by atoms with E-state index in [-0.39, 0.29) is 12.4 Å². The minimum atomic E-state index is 0. The van der Waals surface area contributed by atoms with Crippen molar-refractivity contribution in [2.24, 2.45) is 5.41 Å². The van der Waals surface area contributed by atoms with Gasteiger partial charge in [-0.1, -0.05) is 37.3 Å². The van der Waals surface area contributed by atoms with E-state index in [0.29, 0.717) is 5.41 Å². The zero-order valence-corrected chi connectivity index (χ0v) is 12.0. The van der Waals surface area contributed by atoms with E-state index >= 15 is 0 Å². The van der Waals surface area contributed by atoms with E-state index in [9.17, 15) is 0 Å². The molecular formula is C16H22ClN. The highest BCUT2D eigenvalue weighted by Gasteiger charge is 2.43. The maximum atomic E-state index is 3.58. The number of benzene rings is 1. The van der Waals surface area contributed by atoms with E-state index in [1.807, 2.05) is 0 Å². The highest BCUT2D eigenvalue weighted by molar-refractivity contribution is 5.85. The van der Waals surface area contributed by atoms with Crippen LogP contribution in [0.5, 0.6) is 0 Å². The predicted molar refractivity (Wildman–Crippen MR) is 80.4 cm³/mol. The van der Waals surface area contributed by atoms with Gasteiger partial charge in [0.2, 0.25) is 0 Å². The van der Waals surface area contributed by atoms with Gasteiger partial charge >= 0.3 is 0 Å². The van der Waals surface area contributed by atoms with Gasteiger partial charge in [0.05, 0.1) is 0 Å². The molecule has 0 bridgehead atoms. The summed E-state index contributed by atoms with van der Waals surface area (Å²) in [6, 6.07) is 6.82. The Bertz CT molecular complexity index is 466. The molecule has 2 heteroatoms. The average Bonchev–Trinajstić information content (AvgIpc) is 2.72. The van der Waals surface area contributed by atoms with E-state index in [1.165, 1.54) is 24.9 Å². The Morgan fingerprint density at radius 3 is 3.00 bits per heavy atom. The number of hydrogen-bond donors (Lipinski definition) is 1. The second-order valence-electron chi connectivity index (χ2n) is 5.75. The molecule has 2 atom stereocenters. The van der Waals surface area contributed by atoms with Crippen LogP contribution >= 0.6 is 12.4 Å². The molecule has 1 N–H and O–H groups in total. The summed E-state index contributed by atoms with van der Waals surface area (Å²) in [7, 11) is 0. The molecule has 0 aromatic heterocycles. The molecule has 0 unspecified atom stereocenters. The number of nitrogens with one attached hydrogen (secondary N) is 1. The Balaban J connectivity index is 0.00000120. The van der Waals surface area contributed by atoms with Crippen LogP contribution in [0, 0.1) is 5.41 Å². The molecule has 3 rings (SSSR count). The zero-order chi connectivity index (χ0) is 11.9. The van der Waals surface area contributed by atoms with Crippen LogP contribution in [0.25, 0.3) is 6.08 Å². The fourth-order valence-corrected chi connectivity index (χ4v) is 3.60. The molecule has 0 amide bonds. The fourth-order valence-electron chi connectivity index (χ4n) is 3.60. The van der Waals surface area contributed by atoms with E-state index < -0.39 is 0 Å². The average molecular weight is 264 g/mol. The number of rotatable bonds is 1. The molecule has 1 heterocycles. The lowest BCUT2D eigenvalue weighted by molar-refractivity contribution is 0.277. The maximum Gasteiger partial charge on any atom is 0.00324 e. The molecule has 0 spiro atoms. The lowest BCUT2D eigenvalue weighted by atomic mass is 9.66. The largest absolute Gasteiger partial charge is 0.316 e. The molecule has 1 saturated heterocycles. The van der Waals surface area contributed by atoms with Gasteiger partial charge < -0.3 is 5.32 Å². The first-order valence-corrected chi connectivity index (χ1v) is 6.70. The molecular weight excluding hydrogens is 242 g/mol. The predicted octanol–water partition coefficient (Wildman–Crippen LogP) is 3.78. The van der Waals surface area contributed by atoms with Gasteiger partial charge in [0.25, 0.3) is 0 Å². The highest BCUT2D eigenvalue weighted by Crippen LogP contribution is 2.48. The molecule has 1 fully saturated rings. The summed E-state index contributed by atoms with van der Waals surface area (Å²) in [6.07, 6.45) is 6.97. The zero-order valence-electron chi connectivity index (χ0n) is 11.2. The standard InChI is InChI=1S/C16H21N.ClH/c1-3-5-12-6-4-7-14-13(12)8-9-16(2)11-17-10-15(14)16;/h3-7,15,17H,8-11H2,1-2H3;1H/t15-,16+;/m1./s1. The van der Waals surface area contributed by atoms with Crippen molar-refractivity contribution in [1.29, 1.82) is 0 Å². The normalized spacial score (nSPS) is 29.8. The minimum absolute atomic E-state index is 0. The summed E-state index contributed by atoms with van der Waals surface area (Å²) in [5.41, 5.74) is 5.11. The summed E-state index contributed by atoms with van der Waals surface area (Å²) < 4.78 is 0. The first-order chi connectivity index (χ1) is 8.24. The number of fused-ring (bicyclic) bond motifs is 3. The number of allylic oxidation sites excluding steroid dienone is 1. The molecule has 18 heavy (non-hydrogen) atoms. The summed E-state index contributed by atoms with van der Waals surface area (Å²) in [6.45, 7) is 6.89.